The van der Waals surface area contributed by atoms with Crippen molar-refractivity contribution < 1.29 is 4.42 Å². The number of aliphatic imine (C=N–C) groups is 1. The molecule has 0 radical (unpaired) electrons. The lowest BCUT2D eigenvalue weighted by Gasteiger charge is -2.21. The Kier molecular flexibility index (Phi) is 6.35. The summed E-state index contributed by atoms with van der Waals surface area (Å²) in [6.07, 6.45) is 2.88. The van der Waals surface area contributed by atoms with Crippen LogP contribution in [-0.2, 0) is 5.41 Å². The molecule has 0 saturated heterocycles. The zero-order valence-electron chi connectivity index (χ0n) is 27.7. The number of allylic oxidation sites excluding steroid dienone is 1. The number of fused-ring (bicyclic) bond motifs is 9. The van der Waals surface area contributed by atoms with Crippen LogP contribution in [0.1, 0.15) is 56.4 Å². The van der Waals surface area contributed by atoms with Crippen LogP contribution in [0.15, 0.2) is 142 Å². The number of benzene rings is 6. The second-order valence-electron chi connectivity index (χ2n) is 13.6. The van der Waals surface area contributed by atoms with Gasteiger partial charge in [-0.25, -0.2) is 0 Å². The fourth-order valence-electron chi connectivity index (χ4n) is 7.79. The van der Waals surface area contributed by atoms with Crippen LogP contribution in [0.5, 0.6) is 0 Å². The van der Waals surface area contributed by atoms with Gasteiger partial charge in [0.05, 0.1) is 16.7 Å². The van der Waals surface area contributed by atoms with E-state index >= 15 is 0 Å². The average molecular weight is 621 g/mol. The predicted molar refractivity (Wildman–Crippen MR) is 203 cm³/mol. The van der Waals surface area contributed by atoms with Crippen molar-refractivity contribution >= 4 is 55.7 Å². The molecule has 2 heterocycles. The minimum atomic E-state index is -0.0719. The third-order valence-corrected chi connectivity index (χ3v) is 10.4. The Morgan fingerprint density at radius 3 is 2.31 bits per heavy atom. The summed E-state index contributed by atoms with van der Waals surface area (Å²) in [5, 5.41) is 4.81. The van der Waals surface area contributed by atoms with Crippen LogP contribution in [0.2, 0.25) is 0 Å². The van der Waals surface area contributed by atoms with Gasteiger partial charge < -0.3 is 8.98 Å². The van der Waals surface area contributed by atoms with Crippen molar-refractivity contribution in [2.75, 3.05) is 0 Å². The largest absolute Gasteiger partial charge is 0.456 e. The van der Waals surface area contributed by atoms with Gasteiger partial charge >= 0.3 is 0 Å². The fraction of sp³-hybridized carbons (Fsp3) is 0.133. The predicted octanol–water partition coefficient (Wildman–Crippen LogP) is 12.2. The zero-order chi connectivity index (χ0) is 32.6. The molecule has 1 aliphatic carbocycles. The number of furan rings is 1. The molecule has 8 aromatic rings. The number of hydrogen-bond acceptors (Lipinski definition) is 2. The van der Waals surface area contributed by atoms with Crippen molar-refractivity contribution in [3.63, 3.8) is 0 Å². The fourth-order valence-corrected chi connectivity index (χ4v) is 7.79. The minimum Gasteiger partial charge on any atom is -0.456 e. The number of para-hydroxylation sites is 2. The molecule has 6 aromatic carbocycles. The molecule has 0 N–H and O–H groups in total. The normalized spacial score (nSPS) is 14.3. The van der Waals surface area contributed by atoms with Crippen molar-refractivity contribution in [2.24, 2.45) is 4.99 Å². The Bertz CT molecular complexity index is 2640. The second kappa shape index (κ2) is 10.7. The van der Waals surface area contributed by atoms with E-state index in [1.807, 2.05) is 18.3 Å². The summed E-state index contributed by atoms with van der Waals surface area (Å²) in [7, 11) is 0. The van der Waals surface area contributed by atoms with Crippen LogP contribution in [-0.4, -0.2) is 10.8 Å². The van der Waals surface area contributed by atoms with Gasteiger partial charge in [-0.2, -0.15) is 0 Å². The van der Waals surface area contributed by atoms with E-state index in [9.17, 15) is 0 Å². The van der Waals surface area contributed by atoms with Gasteiger partial charge in [0, 0.05) is 44.4 Å². The summed E-state index contributed by atoms with van der Waals surface area (Å²) in [5.41, 5.74) is 15.1. The average Bonchev–Trinajstić information content (AvgIpc) is 3.73. The molecule has 2 aromatic heterocycles. The van der Waals surface area contributed by atoms with Crippen LogP contribution in [0.4, 0.5) is 0 Å². The van der Waals surface area contributed by atoms with Crippen molar-refractivity contribution in [2.45, 2.75) is 39.5 Å². The summed E-state index contributed by atoms with van der Waals surface area (Å²) in [5.74, 6) is 0. The van der Waals surface area contributed by atoms with E-state index in [1.165, 1.54) is 49.6 Å². The summed E-state index contributed by atoms with van der Waals surface area (Å²) in [4.78, 5) is 5.14. The van der Waals surface area contributed by atoms with Crippen LogP contribution in [0, 0.1) is 0 Å². The minimum absolute atomic E-state index is 0.0719. The van der Waals surface area contributed by atoms with Gasteiger partial charge in [-0.1, -0.05) is 99.6 Å². The highest BCUT2D eigenvalue weighted by Crippen LogP contribution is 2.51. The highest BCUT2D eigenvalue weighted by molar-refractivity contribution is 6.12. The molecule has 0 bridgehead atoms. The van der Waals surface area contributed by atoms with E-state index in [2.05, 4.69) is 148 Å². The number of rotatable bonds is 5. The Balaban J connectivity index is 1.17. The first-order valence-corrected chi connectivity index (χ1v) is 16.9. The Morgan fingerprint density at radius 1 is 0.667 bits per heavy atom. The molecule has 3 heteroatoms. The van der Waals surface area contributed by atoms with Gasteiger partial charge in [-0.05, 0) is 95.3 Å². The molecule has 0 unspecified atom stereocenters. The highest BCUT2D eigenvalue weighted by Gasteiger charge is 2.36. The molecule has 48 heavy (non-hydrogen) atoms. The van der Waals surface area contributed by atoms with E-state index in [0.29, 0.717) is 0 Å². The lowest BCUT2D eigenvalue weighted by molar-refractivity contribution is 0.661. The molecule has 0 saturated carbocycles. The zero-order valence-corrected chi connectivity index (χ0v) is 27.7. The highest BCUT2D eigenvalue weighted by atomic mass is 16.3. The monoisotopic (exact) mass is 620 g/mol. The molecule has 0 aliphatic heterocycles. The molecule has 0 amide bonds. The third-order valence-electron chi connectivity index (χ3n) is 10.4. The van der Waals surface area contributed by atoms with E-state index in [-0.39, 0.29) is 5.41 Å². The van der Waals surface area contributed by atoms with Gasteiger partial charge in [0.2, 0.25) is 0 Å². The first kappa shape index (κ1) is 28.5. The molecule has 0 atom stereocenters. The summed E-state index contributed by atoms with van der Waals surface area (Å²) < 4.78 is 8.60. The van der Waals surface area contributed by atoms with Gasteiger partial charge in [0.1, 0.15) is 11.2 Å². The Hall–Kier alpha value is -5.67. The molecule has 1 aliphatic rings. The summed E-state index contributed by atoms with van der Waals surface area (Å²) in [6.45, 7) is 9.09. The molecule has 3 nitrogen and oxygen atoms in total. The first-order chi connectivity index (χ1) is 23.4. The van der Waals surface area contributed by atoms with Gasteiger partial charge in [-0.3, -0.25) is 4.99 Å². The van der Waals surface area contributed by atoms with Gasteiger partial charge in [0.15, 0.2) is 0 Å². The molecule has 9 rings (SSSR count). The maximum Gasteiger partial charge on any atom is 0.136 e. The Labute approximate surface area is 280 Å². The number of nitrogens with zero attached hydrogens (tertiary/aromatic N) is 2. The molecule has 232 valence electrons. The SMILES string of the molecule is CC/C(C)=C(\N=Cc1ccc2c(c1)oc1ccccc12)c1cccc(-n2c3ccccc3c3cc4c(cc32)C(C)(C)c2ccccc2-4)c1. The van der Waals surface area contributed by atoms with Crippen molar-refractivity contribution in [1.29, 1.82) is 0 Å². The summed E-state index contributed by atoms with van der Waals surface area (Å²) >= 11 is 0. The van der Waals surface area contributed by atoms with Crippen LogP contribution in [0.3, 0.4) is 0 Å². The van der Waals surface area contributed by atoms with Crippen molar-refractivity contribution in [3.8, 4) is 16.8 Å². The topological polar surface area (TPSA) is 30.4 Å². The van der Waals surface area contributed by atoms with E-state index < -0.39 is 0 Å². The molecule has 0 spiro atoms. The standard InChI is InChI=1S/C45H36N2O/c1-5-28(2)44(46-27-29-21-22-35-34-17-8-11-20-42(34)48-43(35)23-29)30-13-12-14-31(24-30)47-40-19-10-7-16-33(40)37-25-36-32-15-6-9-18-38(32)45(3,4)39(36)26-41(37)47/h6-27H,5H2,1-4H3/b44-28-,46-27?. The van der Waals surface area contributed by atoms with Crippen LogP contribution in [0.25, 0.3) is 66.3 Å². The quantitative estimate of drug-likeness (QED) is 0.176. The molecule has 0 fully saturated rings. The molecular weight excluding hydrogens is 585 g/mol. The van der Waals surface area contributed by atoms with Crippen molar-refractivity contribution in [1.82, 2.24) is 4.57 Å². The number of aromatic nitrogens is 1. The molecular formula is C45H36N2O. The van der Waals surface area contributed by atoms with Gasteiger partial charge in [0.25, 0.3) is 0 Å². The lowest BCUT2D eigenvalue weighted by Crippen LogP contribution is -2.14. The van der Waals surface area contributed by atoms with E-state index in [1.54, 1.807) is 0 Å². The summed E-state index contributed by atoms with van der Waals surface area (Å²) in [6, 6.07) is 46.0. The van der Waals surface area contributed by atoms with Gasteiger partial charge in [-0.15, -0.1) is 0 Å². The van der Waals surface area contributed by atoms with Crippen LogP contribution < -0.4 is 0 Å². The van der Waals surface area contributed by atoms with Crippen molar-refractivity contribution in [3.05, 3.63) is 155 Å². The second-order valence-corrected chi connectivity index (χ2v) is 13.6. The van der Waals surface area contributed by atoms with Crippen LogP contribution >= 0.6 is 0 Å². The number of hydrogen-bond donors (Lipinski definition) is 0. The smallest absolute Gasteiger partial charge is 0.136 e. The van der Waals surface area contributed by atoms with E-state index in [4.69, 9.17) is 9.41 Å². The lowest BCUT2D eigenvalue weighted by atomic mass is 9.82. The van der Waals surface area contributed by atoms with E-state index in [0.717, 1.165) is 50.9 Å². The maximum atomic E-state index is 6.16. The third kappa shape index (κ3) is 4.24. The maximum absolute atomic E-state index is 6.16. The Morgan fingerprint density at radius 2 is 1.44 bits per heavy atom. The first-order valence-electron chi connectivity index (χ1n) is 16.9.